The zero-order chi connectivity index (χ0) is 20.6. The van der Waals surface area contributed by atoms with Gasteiger partial charge in [-0.1, -0.05) is 63.1 Å². The van der Waals surface area contributed by atoms with Gasteiger partial charge in [-0.3, -0.25) is 0 Å². The Morgan fingerprint density at radius 2 is 1.70 bits per heavy atom. The fourth-order valence-corrected chi connectivity index (χ4v) is 4.12. The second-order valence-electron chi connectivity index (χ2n) is 10.1. The van der Waals surface area contributed by atoms with Crippen LogP contribution in [0.3, 0.4) is 0 Å². The van der Waals surface area contributed by atoms with Crippen LogP contribution in [0.15, 0.2) is 35.4 Å². The van der Waals surface area contributed by atoms with Crippen molar-refractivity contribution in [3.05, 3.63) is 57.7 Å². The summed E-state index contributed by atoms with van der Waals surface area (Å²) in [6, 6.07) is 5.00. The number of aryl methyl sites for hydroxylation is 1. The monoisotopic (exact) mass is 386 g/mol. The van der Waals surface area contributed by atoms with E-state index < -0.39 is 0 Å². The Balaban J connectivity index is 2.41. The summed E-state index contributed by atoms with van der Waals surface area (Å²) >= 11 is 6.41. The quantitative estimate of drug-likeness (QED) is 0.353. The van der Waals surface area contributed by atoms with Crippen molar-refractivity contribution >= 4 is 11.6 Å². The van der Waals surface area contributed by atoms with Crippen LogP contribution < -0.4 is 0 Å². The lowest BCUT2D eigenvalue weighted by molar-refractivity contribution is 0.304. The Morgan fingerprint density at radius 1 is 1.07 bits per heavy atom. The van der Waals surface area contributed by atoms with Crippen molar-refractivity contribution in [1.29, 1.82) is 0 Å². The van der Waals surface area contributed by atoms with Gasteiger partial charge in [-0.15, -0.1) is 11.6 Å². The van der Waals surface area contributed by atoms with Crippen LogP contribution in [-0.2, 0) is 17.3 Å². The number of rotatable bonds is 5. The van der Waals surface area contributed by atoms with Crippen LogP contribution in [0.25, 0.3) is 0 Å². The summed E-state index contributed by atoms with van der Waals surface area (Å²) in [5.41, 5.74) is 9.22. The zero-order valence-corrected chi connectivity index (χ0v) is 19.8. The number of benzene rings is 1. The summed E-state index contributed by atoms with van der Waals surface area (Å²) in [4.78, 5) is -0.285. The van der Waals surface area contributed by atoms with Gasteiger partial charge in [0, 0.05) is 0 Å². The average Bonchev–Trinajstić information content (AvgIpc) is 2.57. The van der Waals surface area contributed by atoms with E-state index in [4.69, 9.17) is 11.6 Å². The minimum Gasteiger partial charge on any atom is -0.115 e. The van der Waals surface area contributed by atoms with Crippen molar-refractivity contribution in [2.45, 2.75) is 104 Å². The third kappa shape index (κ3) is 4.89. The maximum atomic E-state index is 6.41. The van der Waals surface area contributed by atoms with Crippen molar-refractivity contribution in [3.8, 4) is 0 Å². The summed E-state index contributed by atoms with van der Waals surface area (Å²) in [5.74, 6) is 0. The van der Waals surface area contributed by atoms with E-state index in [2.05, 4.69) is 72.8 Å². The van der Waals surface area contributed by atoms with Gasteiger partial charge in [-0.25, -0.2) is 0 Å². The first-order valence-electron chi connectivity index (χ1n) is 10.5. The Kier molecular flexibility index (Phi) is 6.42. The molecule has 27 heavy (non-hydrogen) atoms. The van der Waals surface area contributed by atoms with Gasteiger partial charge in [-0.05, 0) is 93.4 Å². The van der Waals surface area contributed by atoms with E-state index in [1.54, 1.807) is 11.1 Å². The Morgan fingerprint density at radius 3 is 2.26 bits per heavy atom. The molecule has 150 valence electrons. The number of fused-ring (bicyclic) bond motifs is 1. The molecule has 0 fully saturated rings. The van der Waals surface area contributed by atoms with Gasteiger partial charge in [0.25, 0.3) is 0 Å². The maximum Gasteiger partial charge on any atom is 0.0599 e. The lowest BCUT2D eigenvalue weighted by Gasteiger charge is -2.44. The highest BCUT2D eigenvalue weighted by molar-refractivity contribution is 6.25. The van der Waals surface area contributed by atoms with E-state index in [1.165, 1.54) is 41.5 Å². The summed E-state index contributed by atoms with van der Waals surface area (Å²) in [6.45, 7) is 20.3. The molecule has 0 spiro atoms. The molecule has 1 unspecified atom stereocenters. The molecule has 0 aliphatic heterocycles. The lowest BCUT2D eigenvalue weighted by atomic mass is 9.61. The molecule has 0 nitrogen and oxygen atoms in total. The fraction of sp³-hybridized carbons (Fsp3) is 0.615. The highest BCUT2D eigenvalue weighted by Gasteiger charge is 2.39. The van der Waals surface area contributed by atoms with Crippen LogP contribution in [0.2, 0.25) is 0 Å². The molecule has 0 saturated carbocycles. The summed E-state index contributed by atoms with van der Waals surface area (Å²) < 4.78 is 0. The fourth-order valence-electron chi connectivity index (χ4n) is 4.05. The molecule has 1 aromatic rings. The molecule has 0 saturated heterocycles. The van der Waals surface area contributed by atoms with Crippen LogP contribution in [0.1, 0.15) is 96.9 Å². The Labute approximate surface area is 173 Å². The molecule has 0 aromatic heterocycles. The highest BCUT2D eigenvalue weighted by Crippen LogP contribution is 2.48. The van der Waals surface area contributed by atoms with Crippen LogP contribution >= 0.6 is 11.6 Å². The standard InChI is InChI=1S/C26H39Cl/c1-10-26(9)14-13-24(5,6)22-17-21(19(3)16-23(22)26)15-18(2)11-12-20(4)25(7,8)27/h11-12,16-17H,10,13-15H2,1-9H3/b18-11+,20-12+. The minimum absolute atomic E-state index is 0.267. The largest absolute Gasteiger partial charge is 0.115 e. The topological polar surface area (TPSA) is 0 Å². The molecule has 1 aliphatic carbocycles. The summed E-state index contributed by atoms with van der Waals surface area (Å²) in [7, 11) is 0. The second-order valence-corrected chi connectivity index (χ2v) is 11.1. The van der Waals surface area contributed by atoms with Gasteiger partial charge in [0.1, 0.15) is 0 Å². The molecule has 1 aliphatic rings. The average molecular weight is 387 g/mol. The molecule has 0 amide bonds. The lowest BCUT2D eigenvalue weighted by Crippen LogP contribution is -2.35. The Bertz CT molecular complexity index is 755. The van der Waals surface area contributed by atoms with Crippen molar-refractivity contribution in [2.75, 3.05) is 0 Å². The van der Waals surface area contributed by atoms with Crippen molar-refractivity contribution < 1.29 is 0 Å². The summed E-state index contributed by atoms with van der Waals surface area (Å²) in [5, 5.41) is 0. The Hall–Kier alpha value is -1.01. The van der Waals surface area contributed by atoms with E-state index in [9.17, 15) is 0 Å². The predicted octanol–water partition coefficient (Wildman–Crippen LogP) is 8.19. The maximum absolute atomic E-state index is 6.41. The van der Waals surface area contributed by atoms with E-state index >= 15 is 0 Å². The predicted molar refractivity (Wildman–Crippen MR) is 122 cm³/mol. The van der Waals surface area contributed by atoms with Gasteiger partial charge in [0.05, 0.1) is 4.87 Å². The van der Waals surface area contributed by atoms with Crippen LogP contribution in [0, 0.1) is 6.92 Å². The molecule has 1 heteroatoms. The smallest absolute Gasteiger partial charge is 0.0599 e. The van der Waals surface area contributed by atoms with E-state index in [0.29, 0.717) is 5.41 Å². The van der Waals surface area contributed by atoms with Gasteiger partial charge in [0.15, 0.2) is 0 Å². The number of allylic oxidation sites excluding steroid dienone is 4. The number of halogens is 1. The molecule has 0 radical (unpaired) electrons. The molecule has 0 N–H and O–H groups in total. The molecule has 1 atom stereocenters. The molecule has 0 heterocycles. The molecular formula is C26H39Cl. The van der Waals surface area contributed by atoms with Crippen LogP contribution in [0.5, 0.6) is 0 Å². The molecule has 1 aromatic carbocycles. The van der Waals surface area contributed by atoms with Crippen LogP contribution in [-0.4, -0.2) is 4.87 Å². The molecular weight excluding hydrogens is 348 g/mol. The second kappa shape index (κ2) is 7.78. The summed E-state index contributed by atoms with van der Waals surface area (Å²) in [6.07, 6.45) is 9.19. The van der Waals surface area contributed by atoms with E-state index in [-0.39, 0.29) is 10.3 Å². The highest BCUT2D eigenvalue weighted by atomic mass is 35.5. The van der Waals surface area contributed by atoms with E-state index in [0.717, 1.165) is 6.42 Å². The first-order valence-corrected chi connectivity index (χ1v) is 10.9. The normalized spacial score (nSPS) is 23.3. The molecule has 0 bridgehead atoms. The first kappa shape index (κ1) is 22.3. The minimum atomic E-state index is -0.285. The van der Waals surface area contributed by atoms with Crippen molar-refractivity contribution in [1.82, 2.24) is 0 Å². The van der Waals surface area contributed by atoms with Crippen molar-refractivity contribution in [3.63, 3.8) is 0 Å². The number of hydrogen-bond donors (Lipinski definition) is 0. The van der Waals surface area contributed by atoms with Gasteiger partial charge < -0.3 is 0 Å². The van der Waals surface area contributed by atoms with Crippen molar-refractivity contribution in [2.24, 2.45) is 0 Å². The SMILES string of the molecule is CCC1(C)CCC(C)(C)c2cc(C/C(C)=C/C=C(\C)C(C)(C)Cl)c(C)cc21. The number of alkyl halides is 1. The third-order valence-corrected chi connectivity index (χ3v) is 7.26. The third-order valence-electron chi connectivity index (χ3n) is 6.96. The van der Waals surface area contributed by atoms with E-state index in [1.807, 2.05) is 13.8 Å². The number of hydrogen-bond acceptors (Lipinski definition) is 0. The molecule has 2 rings (SSSR count). The van der Waals surface area contributed by atoms with Gasteiger partial charge in [-0.2, -0.15) is 0 Å². The van der Waals surface area contributed by atoms with Gasteiger partial charge in [0.2, 0.25) is 0 Å². The first-order chi connectivity index (χ1) is 12.3. The zero-order valence-electron chi connectivity index (χ0n) is 19.0. The van der Waals surface area contributed by atoms with Gasteiger partial charge >= 0.3 is 0 Å². The van der Waals surface area contributed by atoms with Crippen LogP contribution in [0.4, 0.5) is 0 Å².